The van der Waals surface area contributed by atoms with Crippen LogP contribution in [0.3, 0.4) is 0 Å². The van der Waals surface area contributed by atoms with Crippen LogP contribution in [0.15, 0.2) is 24.3 Å². The fourth-order valence-electron chi connectivity index (χ4n) is 3.59. The van der Waals surface area contributed by atoms with Crippen molar-refractivity contribution in [2.45, 2.75) is 43.8 Å². The summed E-state index contributed by atoms with van der Waals surface area (Å²) in [7, 11) is 0. The second-order valence-electron chi connectivity index (χ2n) is 5.17. The molecule has 0 aromatic carbocycles. The normalized spacial score (nSPS) is 48.5. The first-order chi connectivity index (χ1) is 7.36. The first-order valence-electron chi connectivity index (χ1n) is 6.23. The smallest absolute Gasteiger partial charge is 0.0389 e. The molecule has 1 saturated carbocycles. The van der Waals surface area contributed by atoms with Crippen molar-refractivity contribution in [2.24, 2.45) is 17.6 Å². The topological polar surface area (TPSA) is 38.0 Å². The van der Waals surface area contributed by atoms with Crippen LogP contribution in [0.2, 0.25) is 0 Å². The standard InChI is InChI=1S/C13H20N2/c14-11-7-3-1-6-10-9-5-2-4-8-12(9)15-13(10)11/h1,3,6-7,9-13,15H,2,4-5,8,14H2. The summed E-state index contributed by atoms with van der Waals surface area (Å²) in [5, 5.41) is 3.76. The van der Waals surface area contributed by atoms with Crippen LogP contribution in [-0.4, -0.2) is 18.1 Å². The lowest BCUT2D eigenvalue weighted by Gasteiger charge is -2.27. The van der Waals surface area contributed by atoms with Crippen LogP contribution in [0.5, 0.6) is 0 Å². The number of hydrogen-bond donors (Lipinski definition) is 2. The van der Waals surface area contributed by atoms with Crippen LogP contribution in [0.25, 0.3) is 0 Å². The van der Waals surface area contributed by atoms with Gasteiger partial charge in [-0.15, -0.1) is 0 Å². The summed E-state index contributed by atoms with van der Waals surface area (Å²) in [5.41, 5.74) is 6.18. The van der Waals surface area contributed by atoms with E-state index in [1.807, 2.05) is 0 Å². The van der Waals surface area contributed by atoms with Crippen LogP contribution in [0, 0.1) is 11.8 Å². The van der Waals surface area contributed by atoms with Gasteiger partial charge in [0.1, 0.15) is 0 Å². The number of allylic oxidation sites excluding steroid dienone is 2. The van der Waals surface area contributed by atoms with E-state index in [0.717, 1.165) is 12.0 Å². The lowest BCUT2D eigenvalue weighted by Crippen LogP contribution is -2.44. The van der Waals surface area contributed by atoms with Crippen molar-refractivity contribution >= 4 is 0 Å². The van der Waals surface area contributed by atoms with Gasteiger partial charge < -0.3 is 11.1 Å². The average Bonchev–Trinajstić information content (AvgIpc) is 2.54. The van der Waals surface area contributed by atoms with Crippen molar-refractivity contribution in [2.75, 3.05) is 0 Å². The number of fused-ring (bicyclic) bond motifs is 3. The zero-order valence-electron chi connectivity index (χ0n) is 9.10. The minimum atomic E-state index is 0.190. The molecule has 2 aliphatic carbocycles. The molecule has 2 nitrogen and oxygen atoms in total. The lowest BCUT2D eigenvalue weighted by atomic mass is 9.77. The van der Waals surface area contributed by atoms with Crippen molar-refractivity contribution in [1.82, 2.24) is 5.32 Å². The summed E-state index contributed by atoms with van der Waals surface area (Å²) in [6.45, 7) is 0. The van der Waals surface area contributed by atoms with Crippen molar-refractivity contribution < 1.29 is 0 Å². The van der Waals surface area contributed by atoms with E-state index < -0.39 is 0 Å². The van der Waals surface area contributed by atoms with E-state index in [9.17, 15) is 0 Å². The molecule has 15 heavy (non-hydrogen) atoms. The van der Waals surface area contributed by atoms with Crippen LogP contribution in [-0.2, 0) is 0 Å². The summed E-state index contributed by atoms with van der Waals surface area (Å²) in [5.74, 6) is 1.51. The molecule has 5 atom stereocenters. The molecule has 0 amide bonds. The molecule has 2 fully saturated rings. The monoisotopic (exact) mass is 204 g/mol. The summed E-state index contributed by atoms with van der Waals surface area (Å²) in [6.07, 6.45) is 14.3. The maximum Gasteiger partial charge on any atom is 0.0389 e. The van der Waals surface area contributed by atoms with Gasteiger partial charge in [-0.25, -0.2) is 0 Å². The van der Waals surface area contributed by atoms with Gasteiger partial charge >= 0.3 is 0 Å². The highest BCUT2D eigenvalue weighted by molar-refractivity contribution is 5.21. The number of rotatable bonds is 0. The molecule has 0 aromatic rings. The highest BCUT2D eigenvalue weighted by Crippen LogP contribution is 2.39. The van der Waals surface area contributed by atoms with Gasteiger partial charge in [-0.2, -0.15) is 0 Å². The lowest BCUT2D eigenvalue weighted by molar-refractivity contribution is 0.296. The first kappa shape index (κ1) is 9.61. The quantitative estimate of drug-likeness (QED) is 0.629. The second kappa shape index (κ2) is 3.76. The van der Waals surface area contributed by atoms with Gasteiger partial charge in [0.2, 0.25) is 0 Å². The van der Waals surface area contributed by atoms with Gasteiger partial charge in [0.15, 0.2) is 0 Å². The summed E-state index contributed by atoms with van der Waals surface area (Å²) in [6, 6.07) is 1.40. The largest absolute Gasteiger partial charge is 0.323 e. The van der Waals surface area contributed by atoms with Crippen molar-refractivity contribution in [3.63, 3.8) is 0 Å². The third-order valence-electron chi connectivity index (χ3n) is 4.33. The van der Waals surface area contributed by atoms with Crippen molar-refractivity contribution in [3.8, 4) is 0 Å². The Labute approximate surface area is 91.6 Å². The van der Waals surface area contributed by atoms with E-state index in [0.29, 0.717) is 12.0 Å². The molecule has 3 N–H and O–H groups in total. The molecule has 0 spiro atoms. The van der Waals surface area contributed by atoms with E-state index in [1.54, 1.807) is 0 Å². The molecule has 1 aliphatic heterocycles. The van der Waals surface area contributed by atoms with Gasteiger partial charge in [0.05, 0.1) is 0 Å². The third-order valence-corrected chi connectivity index (χ3v) is 4.33. The molecule has 0 aromatic heterocycles. The Morgan fingerprint density at radius 2 is 1.87 bits per heavy atom. The van der Waals surface area contributed by atoms with Crippen molar-refractivity contribution in [3.05, 3.63) is 24.3 Å². The molecule has 82 valence electrons. The van der Waals surface area contributed by atoms with Crippen LogP contribution in [0.1, 0.15) is 25.7 Å². The molecular formula is C13H20N2. The Kier molecular flexibility index (Phi) is 2.41. The zero-order valence-corrected chi connectivity index (χ0v) is 9.10. The van der Waals surface area contributed by atoms with Gasteiger partial charge in [-0.05, 0) is 24.7 Å². The van der Waals surface area contributed by atoms with Gasteiger partial charge in [-0.1, -0.05) is 37.1 Å². The fraction of sp³-hybridized carbons (Fsp3) is 0.692. The molecule has 0 radical (unpaired) electrons. The minimum Gasteiger partial charge on any atom is -0.323 e. The van der Waals surface area contributed by atoms with Crippen LogP contribution >= 0.6 is 0 Å². The molecule has 2 heteroatoms. The molecular weight excluding hydrogens is 184 g/mol. The van der Waals surface area contributed by atoms with E-state index in [4.69, 9.17) is 5.73 Å². The Bertz CT molecular complexity index is 295. The summed E-state index contributed by atoms with van der Waals surface area (Å²) >= 11 is 0. The van der Waals surface area contributed by atoms with Crippen LogP contribution < -0.4 is 11.1 Å². The number of nitrogens with one attached hydrogen (secondary N) is 1. The first-order valence-corrected chi connectivity index (χ1v) is 6.23. The highest BCUT2D eigenvalue weighted by atomic mass is 15.0. The predicted molar refractivity (Wildman–Crippen MR) is 62.4 cm³/mol. The molecule has 1 heterocycles. The predicted octanol–water partition coefficient (Wildman–Crippen LogP) is 1.59. The van der Waals surface area contributed by atoms with Crippen molar-refractivity contribution in [1.29, 1.82) is 0 Å². The van der Waals surface area contributed by atoms with Gasteiger partial charge in [0, 0.05) is 18.1 Å². The second-order valence-corrected chi connectivity index (χ2v) is 5.17. The zero-order chi connectivity index (χ0) is 10.3. The SMILES string of the molecule is NC1C=CC=CC2C3CCCCC3NC12. The fourth-order valence-corrected chi connectivity index (χ4v) is 3.59. The van der Waals surface area contributed by atoms with E-state index in [2.05, 4.69) is 29.6 Å². The van der Waals surface area contributed by atoms with E-state index >= 15 is 0 Å². The average molecular weight is 204 g/mol. The van der Waals surface area contributed by atoms with Gasteiger partial charge in [0.25, 0.3) is 0 Å². The van der Waals surface area contributed by atoms with Crippen LogP contribution in [0.4, 0.5) is 0 Å². The number of nitrogens with two attached hydrogens (primary N) is 1. The Hall–Kier alpha value is -0.600. The molecule has 3 aliphatic rings. The molecule has 3 rings (SSSR count). The maximum atomic E-state index is 6.18. The molecule has 1 saturated heterocycles. The third kappa shape index (κ3) is 1.56. The van der Waals surface area contributed by atoms with E-state index in [-0.39, 0.29) is 6.04 Å². The molecule has 5 unspecified atom stereocenters. The summed E-state index contributed by atoms with van der Waals surface area (Å²) < 4.78 is 0. The Morgan fingerprint density at radius 1 is 1.07 bits per heavy atom. The molecule has 0 bridgehead atoms. The minimum absolute atomic E-state index is 0.190. The van der Waals surface area contributed by atoms with Gasteiger partial charge in [-0.3, -0.25) is 0 Å². The number of hydrogen-bond acceptors (Lipinski definition) is 2. The highest BCUT2D eigenvalue weighted by Gasteiger charge is 2.44. The Balaban J connectivity index is 1.86. The van der Waals surface area contributed by atoms with E-state index in [1.165, 1.54) is 25.7 Å². The maximum absolute atomic E-state index is 6.18. The Morgan fingerprint density at radius 3 is 2.80 bits per heavy atom. The summed E-state index contributed by atoms with van der Waals surface area (Å²) in [4.78, 5) is 0.